The zero-order valence-electron chi connectivity index (χ0n) is 19.4. The molecule has 0 bridgehead atoms. The van der Waals surface area contributed by atoms with Crippen LogP contribution in [0.1, 0.15) is 39.0 Å². The third-order valence-electron chi connectivity index (χ3n) is 6.27. The monoisotopic (exact) mass is 508 g/mol. The Balaban J connectivity index is 1.62. The van der Waals surface area contributed by atoms with E-state index in [2.05, 4.69) is 4.72 Å². The molecule has 0 radical (unpaired) electrons. The molecule has 0 aromatic heterocycles. The van der Waals surface area contributed by atoms with Crippen LogP contribution in [0, 0.1) is 0 Å². The predicted octanol–water partition coefficient (Wildman–Crippen LogP) is 3.08. The van der Waals surface area contributed by atoms with Crippen molar-refractivity contribution in [1.29, 1.82) is 0 Å². The number of sulfonamides is 1. The number of carbonyl (C=O) groups excluding carboxylic acids is 1. The van der Waals surface area contributed by atoms with Crippen molar-refractivity contribution < 1.29 is 32.6 Å². The van der Waals surface area contributed by atoms with E-state index in [4.69, 9.17) is 9.47 Å². The lowest BCUT2D eigenvalue weighted by atomic mass is 9.79. The number of carboxylic acid groups (broad SMARTS) is 1. The summed E-state index contributed by atoms with van der Waals surface area (Å²) >= 11 is 0. The van der Waals surface area contributed by atoms with Gasteiger partial charge in [0, 0.05) is 17.8 Å². The van der Waals surface area contributed by atoms with Gasteiger partial charge in [0.25, 0.3) is 5.91 Å². The second-order valence-corrected chi connectivity index (χ2v) is 10.5. The Morgan fingerprint density at radius 2 is 1.72 bits per heavy atom. The van der Waals surface area contributed by atoms with Crippen LogP contribution in [0.2, 0.25) is 0 Å². The van der Waals surface area contributed by atoms with E-state index in [1.54, 1.807) is 66.7 Å². The SMILES string of the molecule is CS(=O)(=O)NCc1ccc(N2C(=O)c3ccccc3[C@H](C(=O)O)[C@H]2c2ccc3c(c2)OCCO3)cc1. The van der Waals surface area contributed by atoms with Gasteiger partial charge in [0.2, 0.25) is 10.0 Å². The number of anilines is 1. The lowest BCUT2D eigenvalue weighted by Gasteiger charge is -2.41. The van der Waals surface area contributed by atoms with Gasteiger partial charge in [0.1, 0.15) is 19.1 Å². The molecule has 3 aromatic rings. The van der Waals surface area contributed by atoms with Gasteiger partial charge in [-0.1, -0.05) is 36.4 Å². The molecule has 10 heteroatoms. The number of rotatable bonds is 6. The van der Waals surface area contributed by atoms with Crippen molar-refractivity contribution in [1.82, 2.24) is 4.72 Å². The van der Waals surface area contributed by atoms with Crippen LogP contribution in [0.25, 0.3) is 0 Å². The Morgan fingerprint density at radius 3 is 2.42 bits per heavy atom. The van der Waals surface area contributed by atoms with Gasteiger partial charge in [-0.15, -0.1) is 0 Å². The van der Waals surface area contributed by atoms with Gasteiger partial charge in [-0.05, 0) is 47.0 Å². The maximum Gasteiger partial charge on any atom is 0.313 e. The number of benzene rings is 3. The average molecular weight is 509 g/mol. The summed E-state index contributed by atoms with van der Waals surface area (Å²) in [5.41, 5.74) is 2.54. The number of aliphatic carboxylic acids is 1. The van der Waals surface area contributed by atoms with E-state index < -0.39 is 28.0 Å². The highest BCUT2D eigenvalue weighted by Crippen LogP contribution is 2.46. The van der Waals surface area contributed by atoms with Gasteiger partial charge < -0.3 is 14.6 Å². The Hall–Kier alpha value is -3.89. The van der Waals surface area contributed by atoms with Crippen molar-refractivity contribution in [2.45, 2.75) is 18.5 Å². The van der Waals surface area contributed by atoms with Gasteiger partial charge >= 0.3 is 5.97 Å². The molecule has 0 saturated carbocycles. The minimum atomic E-state index is -3.37. The van der Waals surface area contributed by atoms with Crippen LogP contribution in [0.3, 0.4) is 0 Å². The molecule has 5 rings (SSSR count). The zero-order valence-corrected chi connectivity index (χ0v) is 20.2. The van der Waals surface area contributed by atoms with Crippen molar-refractivity contribution in [3.63, 3.8) is 0 Å². The standard InChI is InChI=1S/C26H24N2O7S/c1-36(32,33)27-15-16-6-9-18(10-7-16)28-24(17-8-11-21-22(14-17)35-13-12-34-21)23(26(30)31)19-4-2-3-5-20(19)25(28)29/h2-11,14,23-24,27H,12-13,15H2,1H3,(H,30,31)/t23-,24+/m0/s1. The summed E-state index contributed by atoms with van der Waals surface area (Å²) in [7, 11) is -3.37. The first-order valence-corrected chi connectivity index (χ1v) is 13.2. The molecular formula is C26H24N2O7S. The normalized spacial score (nSPS) is 19.0. The highest BCUT2D eigenvalue weighted by atomic mass is 32.2. The van der Waals surface area contributed by atoms with E-state index in [0.29, 0.717) is 52.7 Å². The first-order chi connectivity index (χ1) is 17.2. The minimum Gasteiger partial charge on any atom is -0.486 e. The fraction of sp³-hybridized carbons (Fsp3) is 0.231. The Kier molecular flexibility index (Phi) is 6.15. The maximum atomic E-state index is 13.8. The third kappa shape index (κ3) is 4.52. The number of ether oxygens (including phenoxy) is 2. The first kappa shape index (κ1) is 23.8. The molecule has 2 N–H and O–H groups in total. The molecule has 0 unspecified atom stereocenters. The zero-order chi connectivity index (χ0) is 25.4. The van der Waals surface area contributed by atoms with Gasteiger partial charge in [-0.25, -0.2) is 13.1 Å². The van der Waals surface area contributed by atoms with E-state index in [1.165, 1.54) is 4.90 Å². The Bertz CT molecular complexity index is 1440. The number of hydrogen-bond acceptors (Lipinski definition) is 6. The first-order valence-electron chi connectivity index (χ1n) is 11.3. The molecule has 36 heavy (non-hydrogen) atoms. The van der Waals surface area contributed by atoms with Crippen LogP contribution in [-0.4, -0.2) is 44.9 Å². The molecular weight excluding hydrogens is 484 g/mol. The smallest absolute Gasteiger partial charge is 0.313 e. The van der Waals surface area contributed by atoms with Crippen LogP contribution in [0.15, 0.2) is 66.7 Å². The number of carboxylic acids is 1. The third-order valence-corrected chi connectivity index (χ3v) is 6.93. The molecule has 9 nitrogen and oxygen atoms in total. The van der Waals surface area contributed by atoms with E-state index in [-0.39, 0.29) is 12.5 Å². The molecule has 2 aliphatic rings. The molecule has 0 spiro atoms. The highest BCUT2D eigenvalue weighted by molar-refractivity contribution is 7.88. The molecule has 0 aliphatic carbocycles. The number of hydrogen-bond donors (Lipinski definition) is 2. The lowest BCUT2D eigenvalue weighted by molar-refractivity contribution is -0.139. The summed E-state index contributed by atoms with van der Waals surface area (Å²) in [6.07, 6.45) is 1.08. The fourth-order valence-corrected chi connectivity index (χ4v) is 5.09. The van der Waals surface area contributed by atoms with Gasteiger partial charge in [-0.3, -0.25) is 14.5 Å². The van der Waals surface area contributed by atoms with Gasteiger partial charge in [-0.2, -0.15) is 0 Å². The highest BCUT2D eigenvalue weighted by Gasteiger charge is 2.45. The lowest BCUT2D eigenvalue weighted by Crippen LogP contribution is -2.45. The summed E-state index contributed by atoms with van der Waals surface area (Å²) in [6.45, 7) is 0.892. The molecule has 0 fully saturated rings. The molecule has 1 amide bonds. The van der Waals surface area contributed by atoms with Crippen molar-refractivity contribution >= 4 is 27.6 Å². The molecule has 186 valence electrons. The van der Waals surface area contributed by atoms with Crippen LogP contribution in [-0.2, 0) is 21.4 Å². The predicted molar refractivity (Wildman–Crippen MR) is 132 cm³/mol. The Morgan fingerprint density at radius 1 is 1.03 bits per heavy atom. The summed E-state index contributed by atoms with van der Waals surface area (Å²) in [5, 5.41) is 10.3. The van der Waals surface area contributed by atoms with Crippen LogP contribution >= 0.6 is 0 Å². The molecule has 2 aliphatic heterocycles. The summed E-state index contributed by atoms with van der Waals surface area (Å²) in [4.78, 5) is 27.9. The number of nitrogens with one attached hydrogen (secondary N) is 1. The van der Waals surface area contributed by atoms with E-state index in [1.807, 2.05) is 0 Å². The van der Waals surface area contributed by atoms with Gasteiger partial charge in [0.15, 0.2) is 11.5 Å². The second kappa shape index (κ2) is 9.29. The van der Waals surface area contributed by atoms with E-state index in [9.17, 15) is 23.1 Å². The molecule has 3 aromatic carbocycles. The van der Waals surface area contributed by atoms with E-state index in [0.717, 1.165) is 6.26 Å². The number of amides is 1. The van der Waals surface area contributed by atoms with E-state index >= 15 is 0 Å². The van der Waals surface area contributed by atoms with Crippen LogP contribution < -0.4 is 19.1 Å². The average Bonchev–Trinajstić information content (AvgIpc) is 2.87. The van der Waals surface area contributed by atoms with Crippen molar-refractivity contribution in [2.24, 2.45) is 0 Å². The fourth-order valence-electron chi connectivity index (χ4n) is 4.66. The second-order valence-electron chi connectivity index (χ2n) is 8.69. The molecule has 0 saturated heterocycles. The van der Waals surface area contributed by atoms with Crippen molar-refractivity contribution in [3.05, 3.63) is 89.0 Å². The van der Waals surface area contributed by atoms with Crippen molar-refractivity contribution in [3.8, 4) is 11.5 Å². The van der Waals surface area contributed by atoms with Crippen molar-refractivity contribution in [2.75, 3.05) is 24.4 Å². The minimum absolute atomic E-state index is 0.0965. The number of fused-ring (bicyclic) bond motifs is 2. The molecule has 2 atom stereocenters. The number of carbonyl (C=O) groups is 2. The topological polar surface area (TPSA) is 122 Å². The largest absolute Gasteiger partial charge is 0.486 e. The Labute approximate surface area is 208 Å². The summed E-state index contributed by atoms with van der Waals surface area (Å²) < 4.78 is 36.7. The molecule has 2 heterocycles. The van der Waals surface area contributed by atoms with Crippen LogP contribution in [0.5, 0.6) is 11.5 Å². The maximum absolute atomic E-state index is 13.8. The summed E-state index contributed by atoms with van der Waals surface area (Å²) in [6, 6.07) is 17.9. The number of nitrogens with zero attached hydrogens (tertiary/aromatic N) is 1. The van der Waals surface area contributed by atoms with Crippen LogP contribution in [0.4, 0.5) is 5.69 Å². The quantitative estimate of drug-likeness (QED) is 0.525. The van der Waals surface area contributed by atoms with Gasteiger partial charge in [0.05, 0.1) is 12.3 Å². The summed E-state index contributed by atoms with van der Waals surface area (Å²) in [5.74, 6) is -1.36.